The number of nitrogens with zero attached hydrogens (tertiary/aromatic N) is 3. The molecule has 0 radical (unpaired) electrons. The first-order valence-electron chi connectivity index (χ1n) is 6.97. The van der Waals surface area contributed by atoms with E-state index in [1.54, 1.807) is 6.07 Å². The summed E-state index contributed by atoms with van der Waals surface area (Å²) in [7, 11) is 0. The molecule has 0 unspecified atom stereocenters. The predicted molar refractivity (Wildman–Crippen MR) is 99.4 cm³/mol. The minimum Gasteiger partial charge on any atom is -0.454 e. The molecule has 0 aliphatic carbocycles. The van der Waals surface area contributed by atoms with Crippen LogP contribution in [0, 0.1) is 10.1 Å². The monoisotopic (exact) mass is 455 g/mol. The quantitative estimate of drug-likeness (QED) is 0.343. The standard InChI is InChI=1S/C16H8BrCl2N3O4/c17-13-3-14(22(23)24)16(26-12-2-10(19)6-21-8-12)4-15(13)25-11-1-9(18)5-20-7-11/h1-8H. The van der Waals surface area contributed by atoms with Crippen molar-refractivity contribution in [3.8, 4) is 23.0 Å². The van der Waals surface area contributed by atoms with E-state index >= 15 is 0 Å². The molecule has 0 fully saturated rings. The van der Waals surface area contributed by atoms with Crippen LogP contribution in [0.3, 0.4) is 0 Å². The number of halogens is 3. The Morgan fingerprint density at radius 1 is 0.885 bits per heavy atom. The normalized spacial score (nSPS) is 10.4. The number of nitro groups is 1. The SMILES string of the molecule is O=[N+]([O-])c1cc(Br)c(Oc2cncc(Cl)c2)cc1Oc1cncc(Cl)c1. The lowest BCUT2D eigenvalue weighted by Gasteiger charge is -2.11. The molecular formula is C16H8BrCl2N3O4. The van der Waals surface area contributed by atoms with Gasteiger partial charge in [-0.3, -0.25) is 20.1 Å². The molecular weight excluding hydrogens is 449 g/mol. The van der Waals surface area contributed by atoms with Crippen LogP contribution in [-0.4, -0.2) is 14.9 Å². The van der Waals surface area contributed by atoms with Crippen molar-refractivity contribution in [1.82, 2.24) is 9.97 Å². The van der Waals surface area contributed by atoms with Gasteiger partial charge in [-0.05, 0) is 15.9 Å². The van der Waals surface area contributed by atoms with Gasteiger partial charge in [0.15, 0.2) is 0 Å². The number of aromatic nitrogens is 2. The first-order chi connectivity index (χ1) is 12.4. The van der Waals surface area contributed by atoms with E-state index in [1.165, 1.54) is 43.0 Å². The molecule has 3 rings (SSSR count). The largest absolute Gasteiger partial charge is 0.454 e. The van der Waals surface area contributed by atoms with Gasteiger partial charge in [-0.25, -0.2) is 0 Å². The van der Waals surface area contributed by atoms with Gasteiger partial charge in [0, 0.05) is 36.7 Å². The van der Waals surface area contributed by atoms with Crippen LogP contribution in [0.15, 0.2) is 53.5 Å². The van der Waals surface area contributed by atoms with Crippen LogP contribution < -0.4 is 9.47 Å². The number of nitro benzene ring substituents is 1. The van der Waals surface area contributed by atoms with Crippen molar-refractivity contribution in [1.29, 1.82) is 0 Å². The molecule has 0 saturated heterocycles. The Kier molecular flexibility index (Phi) is 5.55. The predicted octanol–water partition coefficient (Wildman–Crippen LogP) is 6.04. The highest BCUT2D eigenvalue weighted by Crippen LogP contribution is 2.41. The molecule has 0 aliphatic heterocycles. The van der Waals surface area contributed by atoms with E-state index in [4.69, 9.17) is 32.7 Å². The summed E-state index contributed by atoms with van der Waals surface area (Å²) in [5, 5.41) is 12.1. The molecule has 0 aliphatic rings. The van der Waals surface area contributed by atoms with Crippen LogP contribution in [0.1, 0.15) is 0 Å². The van der Waals surface area contributed by atoms with Gasteiger partial charge in [-0.2, -0.15) is 0 Å². The van der Waals surface area contributed by atoms with Gasteiger partial charge in [-0.15, -0.1) is 0 Å². The van der Waals surface area contributed by atoms with E-state index in [-0.39, 0.29) is 22.9 Å². The van der Waals surface area contributed by atoms with Gasteiger partial charge in [0.2, 0.25) is 5.75 Å². The highest BCUT2D eigenvalue weighted by atomic mass is 79.9. The summed E-state index contributed by atoms with van der Waals surface area (Å²) in [6, 6.07) is 5.70. The molecule has 26 heavy (non-hydrogen) atoms. The van der Waals surface area contributed by atoms with Crippen molar-refractivity contribution in [2.75, 3.05) is 0 Å². The van der Waals surface area contributed by atoms with Crippen LogP contribution in [0.4, 0.5) is 5.69 Å². The molecule has 0 N–H and O–H groups in total. The zero-order valence-corrected chi connectivity index (χ0v) is 15.8. The molecule has 7 nitrogen and oxygen atoms in total. The molecule has 3 aromatic rings. The summed E-state index contributed by atoms with van der Waals surface area (Å²) in [4.78, 5) is 18.6. The molecule has 2 heterocycles. The third kappa shape index (κ3) is 4.40. The first kappa shape index (κ1) is 18.4. The maximum atomic E-state index is 11.3. The number of ether oxygens (including phenoxy) is 2. The second kappa shape index (κ2) is 7.86. The maximum Gasteiger partial charge on any atom is 0.312 e. The minimum atomic E-state index is -0.567. The van der Waals surface area contributed by atoms with E-state index < -0.39 is 4.92 Å². The van der Waals surface area contributed by atoms with Gasteiger partial charge in [0.05, 0.1) is 31.8 Å². The number of pyridine rings is 2. The second-order valence-corrected chi connectivity index (χ2v) is 6.62. The summed E-state index contributed by atoms with van der Waals surface area (Å²) in [6.07, 6.45) is 5.73. The van der Waals surface area contributed by atoms with Crippen LogP contribution in [0.25, 0.3) is 0 Å². The Morgan fingerprint density at radius 2 is 1.42 bits per heavy atom. The maximum absolute atomic E-state index is 11.3. The Bertz CT molecular complexity index is 987. The van der Waals surface area contributed by atoms with Crippen LogP contribution in [-0.2, 0) is 0 Å². The molecule has 0 spiro atoms. The fourth-order valence-electron chi connectivity index (χ4n) is 1.98. The number of hydrogen-bond acceptors (Lipinski definition) is 6. The Hall–Kier alpha value is -2.42. The van der Waals surface area contributed by atoms with Gasteiger partial charge in [-0.1, -0.05) is 23.2 Å². The summed E-state index contributed by atoms with van der Waals surface area (Å²) in [5.41, 5.74) is -0.256. The van der Waals surface area contributed by atoms with E-state index in [0.717, 1.165) is 0 Å². The number of hydrogen-bond donors (Lipinski definition) is 0. The third-order valence-corrected chi connectivity index (χ3v) is 4.06. The van der Waals surface area contributed by atoms with E-state index in [0.29, 0.717) is 20.3 Å². The molecule has 2 aromatic heterocycles. The van der Waals surface area contributed by atoms with Crippen LogP contribution in [0.2, 0.25) is 10.0 Å². The third-order valence-electron chi connectivity index (χ3n) is 3.03. The topological polar surface area (TPSA) is 87.4 Å². The van der Waals surface area contributed by atoms with Crippen LogP contribution >= 0.6 is 39.1 Å². The second-order valence-electron chi connectivity index (χ2n) is 4.89. The molecule has 132 valence electrons. The summed E-state index contributed by atoms with van der Waals surface area (Å²) < 4.78 is 11.6. The Balaban J connectivity index is 2.00. The van der Waals surface area contributed by atoms with Gasteiger partial charge < -0.3 is 9.47 Å². The Labute approximate surface area is 165 Å². The molecule has 10 heteroatoms. The smallest absolute Gasteiger partial charge is 0.312 e. The van der Waals surface area contributed by atoms with Crippen molar-refractivity contribution in [2.24, 2.45) is 0 Å². The lowest BCUT2D eigenvalue weighted by Crippen LogP contribution is -1.96. The van der Waals surface area contributed by atoms with E-state index in [2.05, 4.69) is 25.9 Å². The van der Waals surface area contributed by atoms with Crippen LogP contribution in [0.5, 0.6) is 23.0 Å². The summed E-state index contributed by atoms with van der Waals surface area (Å²) in [6.45, 7) is 0. The van der Waals surface area contributed by atoms with Gasteiger partial charge in [0.25, 0.3) is 0 Å². The summed E-state index contributed by atoms with van der Waals surface area (Å²) >= 11 is 15.0. The van der Waals surface area contributed by atoms with Crippen molar-refractivity contribution in [3.63, 3.8) is 0 Å². The Morgan fingerprint density at radius 3 is 1.92 bits per heavy atom. The van der Waals surface area contributed by atoms with Crippen molar-refractivity contribution in [3.05, 3.63) is 73.7 Å². The number of rotatable bonds is 5. The minimum absolute atomic E-state index is 0.0350. The zero-order valence-electron chi connectivity index (χ0n) is 12.7. The lowest BCUT2D eigenvalue weighted by atomic mass is 10.2. The number of benzene rings is 1. The molecule has 0 amide bonds. The van der Waals surface area contributed by atoms with Gasteiger partial charge in [0.1, 0.15) is 17.2 Å². The highest BCUT2D eigenvalue weighted by Gasteiger charge is 2.21. The fraction of sp³-hybridized carbons (Fsp3) is 0. The van der Waals surface area contributed by atoms with Crippen molar-refractivity contribution in [2.45, 2.75) is 0 Å². The first-order valence-corrected chi connectivity index (χ1v) is 8.52. The molecule has 0 atom stereocenters. The molecule has 0 bridgehead atoms. The fourth-order valence-corrected chi connectivity index (χ4v) is 2.72. The van der Waals surface area contributed by atoms with Gasteiger partial charge >= 0.3 is 5.69 Å². The highest BCUT2D eigenvalue weighted by molar-refractivity contribution is 9.10. The molecule has 1 aromatic carbocycles. The zero-order chi connectivity index (χ0) is 18.7. The van der Waals surface area contributed by atoms with E-state index in [1.807, 2.05) is 0 Å². The van der Waals surface area contributed by atoms with Crippen molar-refractivity contribution >= 4 is 44.8 Å². The lowest BCUT2D eigenvalue weighted by molar-refractivity contribution is -0.385. The van der Waals surface area contributed by atoms with E-state index in [9.17, 15) is 10.1 Å². The average Bonchev–Trinajstić information content (AvgIpc) is 2.57. The summed E-state index contributed by atoms with van der Waals surface area (Å²) in [5.74, 6) is 0.859. The average molecular weight is 457 g/mol. The van der Waals surface area contributed by atoms with Crippen molar-refractivity contribution < 1.29 is 14.4 Å². The molecule has 0 saturated carbocycles.